The first kappa shape index (κ1) is 44.8. The SMILES string of the molecule is CCO[Si](CCCCl)(OCC)OCC.O=S(=O)([O-])[O-].OC[P+](CO)(CO)CO.OC[P+](CO)(CO)CO. The average molecular weight is 647 g/mol. The van der Waals surface area contributed by atoms with E-state index in [-0.39, 0.29) is 50.8 Å². The van der Waals surface area contributed by atoms with E-state index in [0.29, 0.717) is 25.7 Å². The lowest BCUT2D eigenvalue weighted by molar-refractivity contribution is 0.0712. The van der Waals surface area contributed by atoms with Gasteiger partial charge in [0.25, 0.3) is 0 Å². The molecule has 15 nitrogen and oxygen atoms in total. The fraction of sp³-hybridized carbons (Fsp3) is 1.00. The summed E-state index contributed by atoms with van der Waals surface area (Å²) in [7, 11) is -12.0. The van der Waals surface area contributed by atoms with Crippen LogP contribution in [-0.4, -0.2) is 144 Å². The number of hydrogen-bond acceptors (Lipinski definition) is 15. The van der Waals surface area contributed by atoms with Crippen molar-refractivity contribution < 1.29 is 71.7 Å². The second kappa shape index (κ2) is 27.0. The molecule has 0 heterocycles. The Morgan fingerprint density at radius 1 is 0.649 bits per heavy atom. The minimum atomic E-state index is -5.17. The molecule has 230 valence electrons. The molecule has 0 saturated heterocycles. The van der Waals surface area contributed by atoms with Crippen LogP contribution in [0.5, 0.6) is 0 Å². The first-order valence-electron chi connectivity index (χ1n) is 10.9. The zero-order valence-corrected chi connectivity index (χ0v) is 25.9. The highest BCUT2D eigenvalue weighted by Crippen LogP contribution is 2.55. The Morgan fingerprint density at radius 2 is 0.865 bits per heavy atom. The van der Waals surface area contributed by atoms with E-state index in [1.54, 1.807) is 0 Å². The number of halogens is 1. The largest absolute Gasteiger partial charge is 0.759 e. The molecule has 0 unspecified atom stereocenters. The Morgan fingerprint density at radius 3 is 0.973 bits per heavy atom. The van der Waals surface area contributed by atoms with Crippen LogP contribution in [0, 0.1) is 0 Å². The quantitative estimate of drug-likeness (QED) is 0.0307. The minimum absolute atomic E-state index is 0.295. The maximum Gasteiger partial charge on any atom is 0.500 e. The normalized spacial score (nSPS) is 11.9. The van der Waals surface area contributed by atoms with Gasteiger partial charge in [-0.1, -0.05) is 0 Å². The lowest BCUT2D eigenvalue weighted by atomic mass is 10.6. The summed E-state index contributed by atoms with van der Waals surface area (Å²) in [4.78, 5) is 0. The highest BCUT2D eigenvalue weighted by atomic mass is 35.5. The molecule has 0 aromatic heterocycles. The van der Waals surface area contributed by atoms with Crippen LogP contribution in [0.1, 0.15) is 27.2 Å². The molecule has 0 amide bonds. The maximum atomic E-state index is 8.55. The van der Waals surface area contributed by atoms with Crippen molar-refractivity contribution in [2.75, 3.05) is 76.5 Å². The summed E-state index contributed by atoms with van der Waals surface area (Å²) in [5, 5.41) is 68.4. The Kier molecular flexibility index (Phi) is 32.7. The van der Waals surface area contributed by atoms with Gasteiger partial charge in [0.05, 0.1) is 0 Å². The Labute approximate surface area is 226 Å². The van der Waals surface area contributed by atoms with Gasteiger partial charge in [0.1, 0.15) is 14.5 Å². The monoisotopic (exact) mass is 646 g/mol. The summed E-state index contributed by atoms with van der Waals surface area (Å²) in [6.07, 6.45) is -1.48. The fourth-order valence-corrected chi connectivity index (χ4v) is 5.86. The molecule has 20 heteroatoms. The van der Waals surface area contributed by atoms with E-state index < -0.39 is 33.7 Å². The predicted octanol–water partition coefficient (Wildman–Crippen LogP) is -1.07. The lowest BCUT2D eigenvalue weighted by Crippen LogP contribution is -2.46. The average Bonchev–Trinajstić information content (AvgIpc) is 2.87. The molecule has 0 fully saturated rings. The van der Waals surface area contributed by atoms with Crippen molar-refractivity contribution in [1.82, 2.24) is 0 Å². The van der Waals surface area contributed by atoms with Crippen molar-refractivity contribution in [3.8, 4) is 0 Å². The van der Waals surface area contributed by atoms with Crippen molar-refractivity contribution in [1.29, 1.82) is 0 Å². The first-order valence-corrected chi connectivity index (χ1v) is 19.8. The third kappa shape index (κ3) is 25.5. The lowest BCUT2D eigenvalue weighted by Gasteiger charge is -2.28. The molecule has 0 radical (unpaired) electrons. The molecular formula is C17H45ClO15P2SSi. The molecule has 0 aromatic rings. The van der Waals surface area contributed by atoms with E-state index >= 15 is 0 Å². The molecule has 0 spiro atoms. The van der Waals surface area contributed by atoms with Gasteiger partial charge in [0.15, 0.2) is 50.8 Å². The Bertz CT molecular complexity index is 507. The predicted molar refractivity (Wildman–Crippen MR) is 142 cm³/mol. The third-order valence-corrected chi connectivity index (χ3v) is 12.3. The Balaban J connectivity index is -0.000000208. The summed E-state index contributed by atoms with van der Waals surface area (Å²) in [5.74, 6) is 0.627. The smallest absolute Gasteiger partial charge is 0.500 e. The van der Waals surface area contributed by atoms with Crippen LogP contribution in [0.15, 0.2) is 0 Å². The molecule has 0 aliphatic heterocycles. The molecule has 37 heavy (non-hydrogen) atoms. The fourth-order valence-electron chi connectivity index (χ4n) is 1.82. The van der Waals surface area contributed by atoms with E-state index in [9.17, 15) is 0 Å². The number of rotatable bonds is 17. The first-order chi connectivity index (χ1) is 17.2. The van der Waals surface area contributed by atoms with Gasteiger partial charge in [0, 0.05) is 42.1 Å². The topological polar surface area (TPSA) is 270 Å². The van der Waals surface area contributed by atoms with Crippen molar-refractivity contribution in [3.63, 3.8) is 0 Å². The highest BCUT2D eigenvalue weighted by molar-refractivity contribution is 7.79. The number of aliphatic hydroxyl groups is 8. The van der Waals surface area contributed by atoms with E-state index in [4.69, 9.17) is 83.3 Å². The van der Waals surface area contributed by atoms with Crippen molar-refractivity contribution >= 4 is 45.3 Å². The molecule has 0 bridgehead atoms. The van der Waals surface area contributed by atoms with Crippen LogP contribution >= 0.6 is 26.1 Å². The second-order valence-corrected chi connectivity index (χ2v) is 18.6. The van der Waals surface area contributed by atoms with Crippen LogP contribution < -0.4 is 0 Å². The summed E-state index contributed by atoms with van der Waals surface area (Å²) in [5.41, 5.74) is 0. The van der Waals surface area contributed by atoms with Crippen LogP contribution in [0.4, 0.5) is 0 Å². The van der Waals surface area contributed by atoms with E-state index in [1.807, 2.05) is 20.8 Å². The molecular weight excluding hydrogens is 602 g/mol. The second-order valence-electron chi connectivity index (χ2n) is 7.00. The maximum absolute atomic E-state index is 8.55. The van der Waals surface area contributed by atoms with Crippen molar-refractivity contribution in [3.05, 3.63) is 0 Å². The molecule has 0 saturated carbocycles. The molecule has 0 aliphatic rings. The Hall–Kier alpha value is 0.797. The molecule has 0 aliphatic carbocycles. The van der Waals surface area contributed by atoms with E-state index in [1.165, 1.54) is 0 Å². The summed E-state index contributed by atoms with van der Waals surface area (Å²) in [6, 6.07) is 0.812. The summed E-state index contributed by atoms with van der Waals surface area (Å²) < 4.78 is 51.0. The van der Waals surface area contributed by atoms with Crippen molar-refractivity contribution in [2.45, 2.75) is 33.2 Å². The highest BCUT2D eigenvalue weighted by Gasteiger charge is 2.39. The van der Waals surface area contributed by atoms with Crippen LogP contribution in [0.2, 0.25) is 6.04 Å². The molecule has 0 atom stereocenters. The molecule has 8 N–H and O–H groups in total. The number of hydrogen-bond donors (Lipinski definition) is 8. The van der Waals surface area contributed by atoms with Gasteiger partial charge in [0.2, 0.25) is 0 Å². The van der Waals surface area contributed by atoms with E-state index in [2.05, 4.69) is 0 Å². The standard InChI is InChI=1S/C9H21ClO3Si.2C4H12O4P.H2O4S/c1-4-11-14(12-5-2,13-6-3)9-7-8-10;2*5-1-9(2-6,3-7)4-8;1-5(2,3)4/h4-9H2,1-3H3;2*5-8H,1-4H2;(H2,1,2,3,4)/q;2*+1;/p-2. The van der Waals surface area contributed by atoms with Crippen molar-refractivity contribution in [2.24, 2.45) is 0 Å². The number of aliphatic hydroxyl groups excluding tert-OH is 8. The number of alkyl halides is 1. The van der Waals surface area contributed by atoms with Gasteiger partial charge in [-0.05, 0) is 27.2 Å². The van der Waals surface area contributed by atoms with Gasteiger partial charge >= 0.3 is 8.80 Å². The van der Waals surface area contributed by atoms with E-state index in [0.717, 1.165) is 12.5 Å². The zero-order chi connectivity index (χ0) is 30.0. The minimum Gasteiger partial charge on any atom is -0.759 e. The van der Waals surface area contributed by atoms with Gasteiger partial charge in [-0.25, -0.2) is 0 Å². The summed E-state index contributed by atoms with van der Waals surface area (Å²) >= 11 is 5.66. The molecule has 0 aromatic carbocycles. The van der Waals surface area contributed by atoms with Gasteiger partial charge in [-0.3, -0.25) is 8.42 Å². The van der Waals surface area contributed by atoms with Gasteiger partial charge in [-0.15, -0.1) is 11.6 Å². The van der Waals surface area contributed by atoms with Crippen LogP contribution in [0.3, 0.4) is 0 Å². The van der Waals surface area contributed by atoms with Crippen LogP contribution in [-0.2, 0) is 23.7 Å². The van der Waals surface area contributed by atoms with Crippen LogP contribution in [0.25, 0.3) is 0 Å². The summed E-state index contributed by atoms with van der Waals surface area (Å²) in [6.45, 7) is 7.78. The van der Waals surface area contributed by atoms with Gasteiger partial charge < -0.3 is 63.2 Å². The zero-order valence-electron chi connectivity index (χ0n) is 21.5. The molecule has 0 rings (SSSR count). The third-order valence-electron chi connectivity index (χ3n) is 4.11. The van der Waals surface area contributed by atoms with Gasteiger partial charge in [-0.2, -0.15) is 0 Å².